The van der Waals surface area contributed by atoms with Gasteiger partial charge in [0, 0.05) is 12.6 Å². The predicted octanol–water partition coefficient (Wildman–Crippen LogP) is 3.17. The van der Waals surface area contributed by atoms with Crippen LogP contribution in [0.5, 0.6) is 0 Å². The molecule has 1 atom stereocenters. The van der Waals surface area contributed by atoms with Crippen LogP contribution in [0.1, 0.15) is 24.8 Å². The number of nitro benzene ring substituents is 1. The molecule has 0 N–H and O–H groups in total. The molecule has 8 heteroatoms. The normalized spacial score (nSPS) is 19.4. The van der Waals surface area contributed by atoms with Crippen molar-refractivity contribution in [3.05, 3.63) is 33.9 Å². The van der Waals surface area contributed by atoms with E-state index in [9.17, 15) is 28.1 Å². The van der Waals surface area contributed by atoms with Crippen molar-refractivity contribution in [2.75, 3.05) is 11.4 Å². The van der Waals surface area contributed by atoms with E-state index in [1.54, 1.807) is 0 Å². The second-order valence-corrected chi connectivity index (χ2v) is 4.82. The molecule has 114 valence electrons. The number of nitro groups is 1. The van der Waals surface area contributed by atoms with Crippen LogP contribution >= 0.6 is 0 Å². The van der Waals surface area contributed by atoms with Gasteiger partial charge in [0.05, 0.1) is 16.7 Å². The van der Waals surface area contributed by atoms with Gasteiger partial charge >= 0.3 is 6.18 Å². The van der Waals surface area contributed by atoms with E-state index < -0.39 is 28.4 Å². The Bertz CT molecular complexity index is 560. The summed E-state index contributed by atoms with van der Waals surface area (Å²) < 4.78 is 39.7. The summed E-state index contributed by atoms with van der Waals surface area (Å²) in [4.78, 5) is 22.2. The van der Waals surface area contributed by atoms with Crippen molar-refractivity contribution in [2.45, 2.75) is 31.5 Å². The van der Waals surface area contributed by atoms with Crippen molar-refractivity contribution in [3.8, 4) is 0 Å². The van der Waals surface area contributed by atoms with Gasteiger partial charge in [-0.2, -0.15) is 13.2 Å². The smallest absolute Gasteiger partial charge is 0.361 e. The summed E-state index contributed by atoms with van der Waals surface area (Å²) in [5.41, 5.74) is -2.58. The van der Waals surface area contributed by atoms with E-state index >= 15 is 0 Å². The summed E-state index contributed by atoms with van der Waals surface area (Å²) in [5, 5.41) is 10.9. The maximum absolute atomic E-state index is 13.2. The Hall–Kier alpha value is -2.12. The number of carbonyl (C=O) groups excluding carboxylic acids is 1. The predicted molar refractivity (Wildman–Crippen MR) is 69.1 cm³/mol. The zero-order valence-corrected chi connectivity index (χ0v) is 11.0. The first kappa shape index (κ1) is 15.3. The molecule has 1 aromatic rings. The number of hydrogen-bond acceptors (Lipinski definition) is 4. The highest BCUT2D eigenvalue weighted by atomic mass is 19.4. The molecule has 1 saturated heterocycles. The minimum atomic E-state index is -4.86. The van der Waals surface area contributed by atoms with E-state index in [4.69, 9.17) is 0 Å². The number of rotatable bonds is 3. The number of hydrogen-bond donors (Lipinski definition) is 0. The van der Waals surface area contributed by atoms with Crippen LogP contribution in [0, 0.1) is 10.1 Å². The molecule has 0 spiro atoms. The lowest BCUT2D eigenvalue weighted by molar-refractivity contribution is -0.388. The summed E-state index contributed by atoms with van der Waals surface area (Å²) in [6, 6.07) is 2.53. The molecule has 21 heavy (non-hydrogen) atoms. The molecular weight excluding hydrogens is 289 g/mol. The van der Waals surface area contributed by atoms with Gasteiger partial charge in [0.15, 0.2) is 5.56 Å². The van der Waals surface area contributed by atoms with Crippen LogP contribution in [0.25, 0.3) is 0 Å². The zero-order valence-electron chi connectivity index (χ0n) is 11.0. The van der Waals surface area contributed by atoms with E-state index in [0.29, 0.717) is 19.1 Å². The quantitative estimate of drug-likeness (QED) is 0.489. The molecule has 0 aliphatic carbocycles. The Morgan fingerprint density at radius 2 is 2.05 bits per heavy atom. The molecule has 1 fully saturated rings. The summed E-state index contributed by atoms with van der Waals surface area (Å²) in [5.74, 6) is 0. The van der Waals surface area contributed by atoms with E-state index in [0.717, 1.165) is 12.5 Å². The third kappa shape index (κ3) is 2.98. The first-order valence-corrected chi connectivity index (χ1v) is 6.43. The molecule has 1 aliphatic heterocycles. The molecule has 1 unspecified atom stereocenters. The van der Waals surface area contributed by atoms with Crippen molar-refractivity contribution < 1.29 is 22.9 Å². The summed E-state index contributed by atoms with van der Waals surface area (Å²) in [7, 11) is 0. The fraction of sp³-hybridized carbons (Fsp3) is 0.462. The Morgan fingerprint density at radius 3 is 2.62 bits per heavy atom. The molecule has 0 saturated carbocycles. The number of anilines is 1. The number of halogens is 3. The van der Waals surface area contributed by atoms with Gasteiger partial charge in [0.1, 0.15) is 6.29 Å². The van der Waals surface area contributed by atoms with Gasteiger partial charge in [-0.3, -0.25) is 10.1 Å². The summed E-state index contributed by atoms with van der Waals surface area (Å²) in [6.45, 7) is 0.271. The van der Waals surface area contributed by atoms with Crippen LogP contribution < -0.4 is 4.90 Å². The highest BCUT2D eigenvalue weighted by molar-refractivity contribution is 5.71. The molecule has 1 heterocycles. The van der Waals surface area contributed by atoms with Gasteiger partial charge in [-0.05, 0) is 25.3 Å². The fourth-order valence-electron chi connectivity index (χ4n) is 2.61. The van der Waals surface area contributed by atoms with Gasteiger partial charge in [0.25, 0.3) is 5.69 Å². The molecule has 5 nitrogen and oxygen atoms in total. The fourth-order valence-corrected chi connectivity index (χ4v) is 2.61. The highest BCUT2D eigenvalue weighted by Crippen LogP contribution is 2.43. The van der Waals surface area contributed by atoms with Gasteiger partial charge in [0.2, 0.25) is 0 Å². The van der Waals surface area contributed by atoms with Crippen molar-refractivity contribution in [3.63, 3.8) is 0 Å². The number of carbonyl (C=O) groups is 1. The van der Waals surface area contributed by atoms with Crippen LogP contribution in [-0.4, -0.2) is 23.8 Å². The third-order valence-corrected chi connectivity index (χ3v) is 3.52. The monoisotopic (exact) mass is 302 g/mol. The minimum absolute atomic E-state index is 0.271. The van der Waals surface area contributed by atoms with Crippen LogP contribution in [0.2, 0.25) is 0 Å². The topological polar surface area (TPSA) is 63.5 Å². The lowest BCUT2D eigenvalue weighted by Gasteiger charge is -2.35. The molecular formula is C13H13F3N2O3. The Labute approximate surface area is 118 Å². The van der Waals surface area contributed by atoms with Crippen molar-refractivity contribution in [1.82, 2.24) is 0 Å². The Balaban J connectivity index is 2.59. The van der Waals surface area contributed by atoms with E-state index in [1.807, 2.05) is 0 Å². The average molecular weight is 302 g/mol. The molecule has 1 aromatic carbocycles. The second-order valence-electron chi connectivity index (χ2n) is 4.82. The third-order valence-electron chi connectivity index (χ3n) is 3.52. The molecule has 0 aromatic heterocycles. The minimum Gasteiger partial charge on any atom is -0.361 e. The number of alkyl halides is 3. The van der Waals surface area contributed by atoms with Gasteiger partial charge < -0.3 is 9.69 Å². The molecule has 0 bridgehead atoms. The van der Waals surface area contributed by atoms with Gasteiger partial charge in [-0.15, -0.1) is 0 Å². The van der Waals surface area contributed by atoms with Crippen LogP contribution in [-0.2, 0) is 11.0 Å². The van der Waals surface area contributed by atoms with Crippen molar-refractivity contribution >= 4 is 17.7 Å². The number of aldehydes is 1. The largest absolute Gasteiger partial charge is 0.425 e. The van der Waals surface area contributed by atoms with E-state index in [2.05, 4.69) is 0 Å². The van der Waals surface area contributed by atoms with E-state index in [-0.39, 0.29) is 12.2 Å². The van der Waals surface area contributed by atoms with Crippen molar-refractivity contribution in [2.24, 2.45) is 0 Å². The summed E-state index contributed by atoms with van der Waals surface area (Å²) >= 11 is 0. The van der Waals surface area contributed by atoms with Crippen LogP contribution in [0.15, 0.2) is 18.2 Å². The average Bonchev–Trinajstić information content (AvgIpc) is 2.45. The first-order valence-electron chi connectivity index (χ1n) is 6.43. The van der Waals surface area contributed by atoms with Gasteiger partial charge in [-0.25, -0.2) is 0 Å². The second kappa shape index (κ2) is 5.71. The Morgan fingerprint density at radius 1 is 1.33 bits per heavy atom. The Kier molecular flexibility index (Phi) is 4.15. The number of nitrogens with zero attached hydrogens (tertiary/aromatic N) is 2. The molecule has 0 amide bonds. The highest BCUT2D eigenvalue weighted by Gasteiger charge is 2.43. The standard InChI is InChI=1S/C13H13F3N2O3/c14-13(15,16)12-10(5-3-6-11(12)18(20)21)17-7-2-1-4-9(17)8-19/h3,5-6,8-9H,1-2,4,7H2. The zero-order chi connectivity index (χ0) is 15.6. The molecule has 2 rings (SSSR count). The molecule has 0 radical (unpaired) electrons. The number of piperidine rings is 1. The molecule has 1 aliphatic rings. The lowest BCUT2D eigenvalue weighted by atomic mass is 10.00. The SMILES string of the molecule is O=CC1CCCCN1c1cccc([N+](=O)[O-])c1C(F)(F)F. The van der Waals surface area contributed by atoms with Crippen LogP contribution in [0.3, 0.4) is 0 Å². The van der Waals surface area contributed by atoms with Gasteiger partial charge in [-0.1, -0.05) is 6.07 Å². The summed E-state index contributed by atoms with van der Waals surface area (Å²) in [6.07, 6.45) is -2.42. The van der Waals surface area contributed by atoms with Crippen molar-refractivity contribution in [1.29, 1.82) is 0 Å². The maximum Gasteiger partial charge on any atom is 0.425 e. The first-order chi connectivity index (χ1) is 9.86. The number of benzene rings is 1. The van der Waals surface area contributed by atoms with E-state index in [1.165, 1.54) is 17.0 Å². The lowest BCUT2D eigenvalue weighted by Crippen LogP contribution is -2.41. The maximum atomic E-state index is 13.2. The van der Waals surface area contributed by atoms with Crippen LogP contribution in [0.4, 0.5) is 24.5 Å².